The quantitative estimate of drug-likeness (QED) is 0.907. The fourth-order valence-corrected chi connectivity index (χ4v) is 1.79. The summed E-state index contributed by atoms with van der Waals surface area (Å²) in [4.78, 5) is 23.1. The summed E-state index contributed by atoms with van der Waals surface area (Å²) in [7, 11) is 0. The highest BCUT2D eigenvalue weighted by Crippen LogP contribution is 2.26. The fraction of sp³-hybridized carbons (Fsp3) is 0.0714. The van der Waals surface area contributed by atoms with Gasteiger partial charge in [-0.25, -0.2) is 0 Å². The molecule has 21 heavy (non-hydrogen) atoms. The third kappa shape index (κ3) is 3.84. The number of nitriles is 1. The first-order chi connectivity index (χ1) is 10.1. The third-order valence-electron chi connectivity index (χ3n) is 2.49. The van der Waals surface area contributed by atoms with E-state index in [1.54, 1.807) is 24.3 Å². The van der Waals surface area contributed by atoms with Gasteiger partial charge in [-0.1, -0.05) is 11.6 Å². The molecule has 1 aromatic heterocycles. The summed E-state index contributed by atoms with van der Waals surface area (Å²) in [6.45, 7) is 0. The average molecular weight is 304 g/mol. The van der Waals surface area contributed by atoms with Gasteiger partial charge in [0.15, 0.2) is 5.76 Å². The maximum atomic E-state index is 11.8. The van der Waals surface area contributed by atoms with Crippen molar-refractivity contribution >= 4 is 34.8 Å². The third-order valence-corrected chi connectivity index (χ3v) is 2.80. The summed E-state index contributed by atoms with van der Waals surface area (Å²) in [5.74, 6) is -0.693. The molecule has 1 heterocycles. The molecule has 0 saturated heterocycles. The molecule has 0 aliphatic rings. The van der Waals surface area contributed by atoms with Crippen molar-refractivity contribution in [2.24, 2.45) is 0 Å². The van der Waals surface area contributed by atoms with Crippen LogP contribution >= 0.6 is 11.6 Å². The molecule has 2 aromatic rings. The Kier molecular flexibility index (Phi) is 4.59. The zero-order valence-corrected chi connectivity index (χ0v) is 11.5. The van der Waals surface area contributed by atoms with E-state index < -0.39 is 11.8 Å². The van der Waals surface area contributed by atoms with Gasteiger partial charge >= 0.3 is 0 Å². The van der Waals surface area contributed by atoms with Crippen molar-refractivity contribution < 1.29 is 14.0 Å². The monoisotopic (exact) mass is 303 g/mol. The first-order valence-corrected chi connectivity index (χ1v) is 6.29. The van der Waals surface area contributed by atoms with E-state index in [0.717, 1.165) is 0 Å². The normalized spacial score (nSPS) is 9.71. The Hall–Kier alpha value is -2.78. The zero-order chi connectivity index (χ0) is 15.2. The maximum Gasteiger partial charge on any atom is 0.291 e. The summed E-state index contributed by atoms with van der Waals surface area (Å²) in [6.07, 6.45) is 1.15. The van der Waals surface area contributed by atoms with Crippen LogP contribution in [-0.4, -0.2) is 11.8 Å². The molecule has 0 saturated carbocycles. The lowest BCUT2D eigenvalue weighted by atomic mass is 10.2. The Labute approximate surface area is 125 Å². The minimum absolute atomic E-state index is 0.164. The molecule has 7 heteroatoms. The lowest BCUT2D eigenvalue weighted by Gasteiger charge is -2.08. The molecule has 0 aliphatic heterocycles. The number of rotatable bonds is 4. The van der Waals surface area contributed by atoms with Crippen LogP contribution in [0.5, 0.6) is 0 Å². The van der Waals surface area contributed by atoms with Crippen molar-refractivity contribution in [2.75, 3.05) is 10.6 Å². The minimum Gasteiger partial charge on any atom is -0.459 e. The minimum atomic E-state index is -0.430. The number of nitrogens with one attached hydrogen (secondary N) is 2. The molecule has 106 valence electrons. The second-order valence-electron chi connectivity index (χ2n) is 4.01. The predicted octanol–water partition coefficient (Wildman–Crippen LogP) is 3.04. The number of anilines is 2. The van der Waals surface area contributed by atoms with E-state index in [9.17, 15) is 9.59 Å². The lowest BCUT2D eigenvalue weighted by molar-refractivity contribution is -0.115. The second kappa shape index (κ2) is 6.59. The smallest absolute Gasteiger partial charge is 0.291 e. The first kappa shape index (κ1) is 14.6. The summed E-state index contributed by atoms with van der Waals surface area (Å²) in [5, 5.41) is 13.8. The summed E-state index contributed by atoms with van der Waals surface area (Å²) in [5.41, 5.74) is 0.826. The van der Waals surface area contributed by atoms with Crippen molar-refractivity contribution in [3.8, 4) is 6.07 Å². The van der Waals surface area contributed by atoms with E-state index in [1.165, 1.54) is 18.4 Å². The number of amides is 2. The summed E-state index contributed by atoms with van der Waals surface area (Å²) >= 11 is 6.03. The predicted molar refractivity (Wildman–Crippen MR) is 77.0 cm³/mol. The van der Waals surface area contributed by atoms with Gasteiger partial charge in [0.05, 0.1) is 23.0 Å². The van der Waals surface area contributed by atoms with Crippen LogP contribution < -0.4 is 10.6 Å². The standard InChI is InChI=1S/C14H10ClN3O3/c15-10-8-9(17-13(19)5-6-16)3-4-11(10)18-14(20)12-2-1-7-21-12/h1-4,7-8H,5H2,(H,17,19)(H,18,20). The van der Waals surface area contributed by atoms with Crippen LogP contribution in [0, 0.1) is 11.3 Å². The largest absolute Gasteiger partial charge is 0.459 e. The molecule has 2 amide bonds. The van der Waals surface area contributed by atoms with E-state index in [-0.39, 0.29) is 17.2 Å². The first-order valence-electron chi connectivity index (χ1n) is 5.91. The van der Waals surface area contributed by atoms with Crippen LogP contribution in [0.4, 0.5) is 11.4 Å². The van der Waals surface area contributed by atoms with Crippen LogP contribution in [0.15, 0.2) is 41.0 Å². The Morgan fingerprint density at radius 2 is 2.10 bits per heavy atom. The van der Waals surface area contributed by atoms with Gasteiger partial charge in [0, 0.05) is 5.69 Å². The van der Waals surface area contributed by atoms with Gasteiger partial charge in [0.1, 0.15) is 6.42 Å². The number of hydrogen-bond donors (Lipinski definition) is 2. The molecule has 0 unspecified atom stereocenters. The molecule has 2 rings (SSSR count). The van der Waals surface area contributed by atoms with Crippen molar-refractivity contribution in [1.29, 1.82) is 5.26 Å². The SMILES string of the molecule is N#CCC(=O)Nc1ccc(NC(=O)c2ccco2)c(Cl)c1. The van der Waals surface area contributed by atoms with Crippen molar-refractivity contribution in [3.63, 3.8) is 0 Å². The van der Waals surface area contributed by atoms with Crippen LogP contribution in [0.1, 0.15) is 17.0 Å². The molecule has 0 bridgehead atoms. The van der Waals surface area contributed by atoms with Gasteiger partial charge in [-0.15, -0.1) is 0 Å². The summed E-state index contributed by atoms with van der Waals surface area (Å²) < 4.78 is 4.97. The number of nitrogens with zero attached hydrogens (tertiary/aromatic N) is 1. The molecule has 0 fully saturated rings. The fourth-order valence-electron chi connectivity index (χ4n) is 1.56. The zero-order valence-electron chi connectivity index (χ0n) is 10.7. The van der Waals surface area contributed by atoms with Crippen LogP contribution in [0.3, 0.4) is 0 Å². The van der Waals surface area contributed by atoms with E-state index in [1.807, 2.05) is 0 Å². The number of furan rings is 1. The highest BCUT2D eigenvalue weighted by Gasteiger charge is 2.11. The van der Waals surface area contributed by atoms with Crippen LogP contribution in [0.25, 0.3) is 0 Å². The van der Waals surface area contributed by atoms with Crippen LogP contribution in [-0.2, 0) is 4.79 Å². The van der Waals surface area contributed by atoms with Crippen molar-refractivity contribution in [3.05, 3.63) is 47.4 Å². The Bertz CT molecular complexity index is 705. The molecule has 0 atom stereocenters. The van der Waals surface area contributed by atoms with Gasteiger partial charge in [-0.05, 0) is 30.3 Å². The van der Waals surface area contributed by atoms with E-state index >= 15 is 0 Å². The van der Waals surface area contributed by atoms with Gasteiger partial charge in [0.2, 0.25) is 5.91 Å². The Balaban J connectivity index is 2.07. The molecule has 0 aliphatic carbocycles. The molecule has 0 spiro atoms. The van der Waals surface area contributed by atoms with E-state index in [4.69, 9.17) is 21.3 Å². The highest BCUT2D eigenvalue weighted by atomic mass is 35.5. The Morgan fingerprint density at radius 1 is 1.29 bits per heavy atom. The van der Waals surface area contributed by atoms with Gasteiger partial charge in [-0.2, -0.15) is 5.26 Å². The van der Waals surface area contributed by atoms with E-state index in [2.05, 4.69) is 10.6 Å². The van der Waals surface area contributed by atoms with Crippen LogP contribution in [0.2, 0.25) is 5.02 Å². The summed E-state index contributed by atoms with van der Waals surface area (Å²) in [6, 6.07) is 9.47. The van der Waals surface area contributed by atoms with E-state index in [0.29, 0.717) is 11.4 Å². The van der Waals surface area contributed by atoms with Crippen molar-refractivity contribution in [2.45, 2.75) is 6.42 Å². The average Bonchev–Trinajstić information content (AvgIpc) is 2.96. The van der Waals surface area contributed by atoms with Crippen molar-refractivity contribution in [1.82, 2.24) is 0 Å². The molecule has 6 nitrogen and oxygen atoms in total. The number of hydrogen-bond acceptors (Lipinski definition) is 4. The lowest BCUT2D eigenvalue weighted by Crippen LogP contribution is -2.12. The molecular formula is C14H10ClN3O3. The maximum absolute atomic E-state index is 11.8. The molecular weight excluding hydrogens is 294 g/mol. The molecule has 1 aromatic carbocycles. The van der Waals surface area contributed by atoms with Gasteiger partial charge < -0.3 is 15.1 Å². The molecule has 0 radical (unpaired) electrons. The highest BCUT2D eigenvalue weighted by molar-refractivity contribution is 6.34. The number of carbonyl (C=O) groups excluding carboxylic acids is 2. The number of benzene rings is 1. The number of carbonyl (C=O) groups is 2. The second-order valence-corrected chi connectivity index (χ2v) is 4.42. The topological polar surface area (TPSA) is 95.1 Å². The Morgan fingerprint density at radius 3 is 2.71 bits per heavy atom. The number of halogens is 1. The van der Waals surface area contributed by atoms with Gasteiger partial charge in [0.25, 0.3) is 5.91 Å². The van der Waals surface area contributed by atoms with Gasteiger partial charge in [-0.3, -0.25) is 9.59 Å². The molecule has 2 N–H and O–H groups in total.